The third kappa shape index (κ3) is 2.65. The SMILES string of the molecule is C[C@H](CC(=O)O)n1ncc(Cl)c1C(F)F. The first-order chi connectivity index (χ1) is 6.93. The quantitative estimate of drug-likeness (QED) is 0.877. The molecule has 0 aliphatic heterocycles. The number of carboxylic acids is 1. The van der Waals surface area contributed by atoms with E-state index >= 15 is 0 Å². The molecule has 0 radical (unpaired) electrons. The van der Waals surface area contributed by atoms with Gasteiger partial charge in [0.2, 0.25) is 0 Å². The van der Waals surface area contributed by atoms with Crippen molar-refractivity contribution in [3.8, 4) is 0 Å². The Hall–Kier alpha value is -1.17. The molecule has 0 fully saturated rings. The molecule has 1 aromatic heterocycles. The largest absolute Gasteiger partial charge is 0.481 e. The first-order valence-electron chi connectivity index (χ1n) is 4.16. The maximum atomic E-state index is 12.5. The summed E-state index contributed by atoms with van der Waals surface area (Å²) in [7, 11) is 0. The second-order valence-electron chi connectivity index (χ2n) is 3.07. The summed E-state index contributed by atoms with van der Waals surface area (Å²) in [6.07, 6.45) is -1.96. The van der Waals surface area contributed by atoms with Crippen LogP contribution in [0.5, 0.6) is 0 Å². The van der Waals surface area contributed by atoms with Crippen molar-refractivity contribution in [3.63, 3.8) is 0 Å². The van der Waals surface area contributed by atoms with Crippen LogP contribution in [-0.4, -0.2) is 20.9 Å². The zero-order chi connectivity index (χ0) is 11.6. The molecule has 1 aromatic rings. The van der Waals surface area contributed by atoms with Crippen molar-refractivity contribution in [3.05, 3.63) is 16.9 Å². The third-order valence-electron chi connectivity index (χ3n) is 1.88. The molecular formula is C8H9ClF2N2O2. The number of carbonyl (C=O) groups is 1. The summed E-state index contributed by atoms with van der Waals surface area (Å²) in [5, 5.41) is 12.0. The van der Waals surface area contributed by atoms with Gasteiger partial charge in [-0.15, -0.1) is 0 Å². The van der Waals surface area contributed by atoms with Gasteiger partial charge in [-0.25, -0.2) is 8.78 Å². The molecule has 0 saturated carbocycles. The van der Waals surface area contributed by atoms with Crippen LogP contribution in [0.25, 0.3) is 0 Å². The van der Waals surface area contributed by atoms with Crippen LogP contribution in [0.15, 0.2) is 6.20 Å². The van der Waals surface area contributed by atoms with Crippen molar-refractivity contribution in [1.29, 1.82) is 0 Å². The van der Waals surface area contributed by atoms with E-state index in [4.69, 9.17) is 16.7 Å². The Morgan fingerprint density at radius 1 is 1.73 bits per heavy atom. The topological polar surface area (TPSA) is 55.1 Å². The van der Waals surface area contributed by atoms with Gasteiger partial charge in [0.1, 0.15) is 5.69 Å². The van der Waals surface area contributed by atoms with Gasteiger partial charge in [-0.1, -0.05) is 11.6 Å². The van der Waals surface area contributed by atoms with Gasteiger partial charge in [-0.2, -0.15) is 5.10 Å². The number of alkyl halides is 2. The van der Waals surface area contributed by atoms with Crippen molar-refractivity contribution >= 4 is 17.6 Å². The van der Waals surface area contributed by atoms with Crippen LogP contribution in [0.2, 0.25) is 5.02 Å². The lowest BCUT2D eigenvalue weighted by Crippen LogP contribution is -2.14. The molecular weight excluding hydrogens is 230 g/mol. The van der Waals surface area contributed by atoms with Gasteiger partial charge >= 0.3 is 5.97 Å². The number of rotatable bonds is 4. The van der Waals surface area contributed by atoms with Crippen LogP contribution >= 0.6 is 11.6 Å². The highest BCUT2D eigenvalue weighted by Crippen LogP contribution is 2.29. The highest BCUT2D eigenvalue weighted by molar-refractivity contribution is 6.31. The molecule has 0 bridgehead atoms. The van der Waals surface area contributed by atoms with Crippen LogP contribution in [-0.2, 0) is 4.79 Å². The maximum absolute atomic E-state index is 12.5. The van der Waals surface area contributed by atoms with Crippen LogP contribution in [0.3, 0.4) is 0 Å². The van der Waals surface area contributed by atoms with Crippen molar-refractivity contribution in [2.24, 2.45) is 0 Å². The minimum absolute atomic E-state index is 0.151. The van der Waals surface area contributed by atoms with E-state index in [1.165, 1.54) is 6.92 Å². The van der Waals surface area contributed by atoms with Crippen molar-refractivity contribution in [2.45, 2.75) is 25.8 Å². The molecule has 0 saturated heterocycles. The fourth-order valence-electron chi connectivity index (χ4n) is 1.25. The molecule has 0 aliphatic carbocycles. The van der Waals surface area contributed by atoms with Crippen LogP contribution < -0.4 is 0 Å². The predicted molar refractivity (Wildman–Crippen MR) is 49.2 cm³/mol. The smallest absolute Gasteiger partial charge is 0.305 e. The zero-order valence-electron chi connectivity index (χ0n) is 7.82. The van der Waals surface area contributed by atoms with Gasteiger partial charge in [-0.05, 0) is 6.92 Å². The number of aliphatic carboxylic acids is 1. The van der Waals surface area contributed by atoms with Crippen LogP contribution in [0, 0.1) is 0 Å². The predicted octanol–water partition coefficient (Wildman–Crippen LogP) is 2.51. The summed E-state index contributed by atoms with van der Waals surface area (Å²) in [4.78, 5) is 10.4. The molecule has 1 atom stereocenters. The van der Waals surface area contributed by atoms with Crippen LogP contribution in [0.1, 0.15) is 31.5 Å². The number of aromatic nitrogens is 2. The molecule has 0 unspecified atom stereocenters. The van der Waals surface area contributed by atoms with Gasteiger partial charge in [0.15, 0.2) is 0 Å². The van der Waals surface area contributed by atoms with Crippen molar-refractivity contribution in [1.82, 2.24) is 9.78 Å². The second kappa shape index (κ2) is 4.57. The molecule has 0 aliphatic rings. The standard InChI is InChI=1S/C8H9ClF2N2O2/c1-4(2-6(14)15)13-7(8(10)11)5(9)3-12-13/h3-4,8H,2H2,1H3,(H,14,15)/t4-/m1/s1. The summed E-state index contributed by atoms with van der Waals surface area (Å²) in [6, 6.07) is -0.654. The van der Waals surface area contributed by atoms with Gasteiger partial charge in [-0.3, -0.25) is 9.48 Å². The van der Waals surface area contributed by atoms with Gasteiger partial charge in [0.05, 0.1) is 23.7 Å². The average molecular weight is 239 g/mol. The van der Waals surface area contributed by atoms with Gasteiger partial charge in [0.25, 0.3) is 6.43 Å². The Morgan fingerprint density at radius 3 is 2.80 bits per heavy atom. The lowest BCUT2D eigenvalue weighted by atomic mass is 10.2. The van der Waals surface area contributed by atoms with Crippen molar-refractivity contribution in [2.75, 3.05) is 0 Å². The fourth-order valence-corrected chi connectivity index (χ4v) is 1.46. The molecule has 0 amide bonds. The molecule has 15 heavy (non-hydrogen) atoms. The average Bonchev–Trinajstić information content (AvgIpc) is 2.45. The molecule has 7 heteroatoms. The van der Waals surface area contributed by atoms with Gasteiger partial charge in [0, 0.05) is 0 Å². The molecule has 0 aromatic carbocycles. The lowest BCUT2D eigenvalue weighted by molar-refractivity contribution is -0.137. The third-order valence-corrected chi connectivity index (χ3v) is 2.17. The Morgan fingerprint density at radius 2 is 2.33 bits per heavy atom. The second-order valence-corrected chi connectivity index (χ2v) is 3.48. The molecule has 1 heterocycles. The first kappa shape index (κ1) is 11.9. The van der Waals surface area contributed by atoms with E-state index in [9.17, 15) is 13.6 Å². The highest BCUT2D eigenvalue weighted by Gasteiger charge is 2.23. The fraction of sp³-hybridized carbons (Fsp3) is 0.500. The Labute approximate surface area is 89.5 Å². The summed E-state index contributed by atoms with van der Waals surface area (Å²) >= 11 is 5.51. The van der Waals surface area contributed by atoms with E-state index in [1.807, 2.05) is 0 Å². The molecule has 1 rings (SSSR count). The molecule has 84 valence electrons. The number of hydrogen-bond acceptors (Lipinski definition) is 2. The zero-order valence-corrected chi connectivity index (χ0v) is 8.58. The van der Waals surface area contributed by atoms with Crippen LogP contribution in [0.4, 0.5) is 8.78 Å². The lowest BCUT2D eigenvalue weighted by Gasteiger charge is -2.13. The monoisotopic (exact) mass is 238 g/mol. The van der Waals surface area contributed by atoms with Gasteiger partial charge < -0.3 is 5.11 Å². The summed E-state index contributed by atoms with van der Waals surface area (Å²) in [6.45, 7) is 1.49. The van der Waals surface area contributed by atoms with Crippen molar-refractivity contribution < 1.29 is 18.7 Å². The minimum Gasteiger partial charge on any atom is -0.481 e. The van der Waals surface area contributed by atoms with E-state index in [2.05, 4.69) is 5.10 Å². The maximum Gasteiger partial charge on any atom is 0.305 e. The summed E-state index contributed by atoms with van der Waals surface area (Å²) in [5.74, 6) is -1.07. The Balaban J connectivity index is 2.98. The Kier molecular flexibility index (Phi) is 3.62. The molecule has 1 N–H and O–H groups in total. The molecule has 4 nitrogen and oxygen atoms in total. The molecule has 0 spiro atoms. The number of halogens is 3. The van der Waals surface area contributed by atoms with E-state index in [1.54, 1.807) is 0 Å². The number of hydrogen-bond donors (Lipinski definition) is 1. The Bertz CT molecular complexity index is 368. The van der Waals surface area contributed by atoms with E-state index in [0.29, 0.717) is 0 Å². The minimum atomic E-state index is -2.77. The summed E-state index contributed by atoms with van der Waals surface area (Å²) < 4.78 is 26.0. The highest BCUT2D eigenvalue weighted by atomic mass is 35.5. The number of carboxylic acid groups (broad SMARTS) is 1. The first-order valence-corrected chi connectivity index (χ1v) is 4.54. The summed E-state index contributed by atoms with van der Waals surface area (Å²) in [5.41, 5.74) is -0.439. The van der Waals surface area contributed by atoms with E-state index in [0.717, 1.165) is 10.9 Å². The normalized spacial score (nSPS) is 13.1. The number of nitrogens with zero attached hydrogens (tertiary/aromatic N) is 2. The van der Waals surface area contributed by atoms with E-state index < -0.39 is 24.1 Å². The van der Waals surface area contributed by atoms with E-state index in [-0.39, 0.29) is 11.4 Å².